The Hall–Kier alpha value is -4.27. The molecule has 0 saturated carbocycles. The van der Waals surface area contributed by atoms with Gasteiger partial charge in [-0.3, -0.25) is 9.78 Å². The fraction of sp³-hybridized carbons (Fsp3) is 0.0952. The third-order valence-electron chi connectivity index (χ3n) is 3.91. The Morgan fingerprint density at radius 3 is 2.37 bits per heavy atom. The van der Waals surface area contributed by atoms with E-state index in [-0.39, 0.29) is 0 Å². The molecule has 0 unspecified atom stereocenters. The van der Waals surface area contributed by atoms with Crippen molar-refractivity contribution in [1.29, 1.82) is 0 Å². The number of pyridine rings is 1. The van der Waals surface area contributed by atoms with Gasteiger partial charge in [0.25, 0.3) is 5.91 Å². The molecule has 3 rings (SSSR count). The van der Waals surface area contributed by atoms with E-state index in [1.165, 1.54) is 26.5 Å². The molecule has 0 aliphatic rings. The van der Waals surface area contributed by atoms with E-state index in [2.05, 4.69) is 20.7 Å². The van der Waals surface area contributed by atoms with Gasteiger partial charge in [-0.15, -0.1) is 10.2 Å². The Balaban J connectivity index is 1.57. The number of carbonyl (C=O) groups is 2. The summed E-state index contributed by atoms with van der Waals surface area (Å²) in [5, 5.41) is 7.55. The second-order valence-electron chi connectivity index (χ2n) is 5.86. The zero-order chi connectivity index (χ0) is 21.3. The third-order valence-corrected chi connectivity index (χ3v) is 3.91. The summed E-state index contributed by atoms with van der Waals surface area (Å²) < 4.78 is 10.3. The van der Waals surface area contributed by atoms with Gasteiger partial charge in [0, 0.05) is 12.4 Å². The Morgan fingerprint density at radius 2 is 1.70 bits per heavy atom. The summed E-state index contributed by atoms with van der Waals surface area (Å²) in [5.74, 6) is -0.160. The summed E-state index contributed by atoms with van der Waals surface area (Å²) >= 11 is 0. The van der Waals surface area contributed by atoms with Crippen molar-refractivity contribution in [3.05, 3.63) is 78.1 Å². The number of carbonyl (C=O) groups excluding carboxylic acids is 2. The third kappa shape index (κ3) is 5.16. The van der Waals surface area contributed by atoms with Crippen LogP contribution in [-0.2, 0) is 4.84 Å². The molecule has 30 heavy (non-hydrogen) atoms. The number of methoxy groups -OCH3 is 2. The smallest absolute Gasteiger partial charge is 0.362 e. The largest absolute Gasteiger partial charge is 0.493 e. The maximum Gasteiger partial charge on any atom is 0.362 e. The predicted octanol–water partition coefficient (Wildman–Crippen LogP) is 4.21. The average Bonchev–Trinajstić information content (AvgIpc) is 2.81. The van der Waals surface area contributed by atoms with Gasteiger partial charge in [0.05, 0.1) is 36.7 Å². The van der Waals surface area contributed by atoms with Gasteiger partial charge in [-0.05, 0) is 54.6 Å². The minimum atomic E-state index is -0.596. The van der Waals surface area contributed by atoms with E-state index in [1.807, 2.05) is 0 Å². The summed E-state index contributed by atoms with van der Waals surface area (Å²) in [6.45, 7) is 0. The molecule has 3 aromatic rings. The van der Waals surface area contributed by atoms with E-state index >= 15 is 0 Å². The zero-order valence-electron chi connectivity index (χ0n) is 16.2. The molecule has 0 saturated heterocycles. The number of aromatic nitrogens is 1. The van der Waals surface area contributed by atoms with Gasteiger partial charge >= 0.3 is 5.97 Å². The zero-order valence-corrected chi connectivity index (χ0v) is 16.2. The van der Waals surface area contributed by atoms with Crippen LogP contribution >= 0.6 is 0 Å². The van der Waals surface area contributed by atoms with E-state index in [0.717, 1.165) is 0 Å². The fourth-order valence-corrected chi connectivity index (χ4v) is 2.37. The number of ether oxygens (including phenoxy) is 2. The molecule has 0 fully saturated rings. The van der Waals surface area contributed by atoms with E-state index in [4.69, 9.17) is 14.3 Å². The number of nitrogens with one attached hydrogen (secondary N) is 1. The van der Waals surface area contributed by atoms with Crippen molar-refractivity contribution in [3.8, 4) is 11.5 Å². The van der Waals surface area contributed by atoms with Crippen LogP contribution in [0.4, 0.5) is 11.4 Å². The molecule has 152 valence electrons. The highest BCUT2D eigenvalue weighted by Crippen LogP contribution is 2.28. The molecular formula is C21H18N4O5. The molecule has 9 heteroatoms. The molecule has 0 aliphatic carbocycles. The number of nitrogens with zero attached hydrogens (tertiary/aromatic N) is 3. The Bertz CT molecular complexity index is 1050. The lowest BCUT2D eigenvalue weighted by Gasteiger charge is -2.10. The Morgan fingerprint density at radius 1 is 0.933 bits per heavy atom. The summed E-state index contributed by atoms with van der Waals surface area (Å²) in [7, 11) is 2.99. The summed E-state index contributed by atoms with van der Waals surface area (Å²) in [5.41, 5.74) is 4.17. The van der Waals surface area contributed by atoms with Crippen LogP contribution in [0.1, 0.15) is 20.7 Å². The molecule has 1 heterocycles. The van der Waals surface area contributed by atoms with Crippen LogP contribution in [0.2, 0.25) is 0 Å². The van der Waals surface area contributed by atoms with Crippen LogP contribution in [0.5, 0.6) is 11.5 Å². The second kappa shape index (κ2) is 9.78. The van der Waals surface area contributed by atoms with Gasteiger partial charge in [0.15, 0.2) is 11.5 Å². The lowest BCUT2D eigenvalue weighted by Crippen LogP contribution is -2.11. The molecule has 0 aliphatic heterocycles. The number of rotatable bonds is 7. The minimum Gasteiger partial charge on any atom is -0.493 e. The van der Waals surface area contributed by atoms with Crippen molar-refractivity contribution in [2.24, 2.45) is 10.2 Å². The molecule has 1 N–H and O–H groups in total. The van der Waals surface area contributed by atoms with Crippen molar-refractivity contribution >= 4 is 23.3 Å². The summed E-state index contributed by atoms with van der Waals surface area (Å²) in [6, 6.07) is 14.4. The normalized spacial score (nSPS) is 10.5. The molecular weight excluding hydrogens is 388 g/mol. The van der Waals surface area contributed by atoms with Crippen molar-refractivity contribution < 1.29 is 23.9 Å². The highest BCUT2D eigenvalue weighted by molar-refractivity contribution is 5.94. The van der Waals surface area contributed by atoms with E-state index < -0.39 is 11.9 Å². The molecule has 0 radical (unpaired) electrons. The van der Waals surface area contributed by atoms with Crippen LogP contribution in [0, 0.1) is 0 Å². The molecule has 0 atom stereocenters. The number of hydrogen-bond acceptors (Lipinski definition) is 8. The topological polar surface area (TPSA) is 111 Å². The SMILES string of the molecule is COc1ccc(C(=O)ONc2ccc(N=NC(=O)c3cccnc3)cc2)cc1OC. The molecule has 9 nitrogen and oxygen atoms in total. The highest BCUT2D eigenvalue weighted by Gasteiger charge is 2.12. The number of anilines is 1. The van der Waals surface area contributed by atoms with E-state index in [9.17, 15) is 9.59 Å². The first kappa shape index (κ1) is 20.5. The molecule has 2 aromatic carbocycles. The van der Waals surface area contributed by atoms with Gasteiger partial charge in [-0.1, -0.05) is 0 Å². The monoisotopic (exact) mass is 406 g/mol. The van der Waals surface area contributed by atoms with Gasteiger partial charge in [0.2, 0.25) is 0 Å². The number of amides is 1. The van der Waals surface area contributed by atoms with E-state index in [1.54, 1.807) is 54.7 Å². The fourth-order valence-electron chi connectivity index (χ4n) is 2.37. The van der Waals surface area contributed by atoms with Crippen LogP contribution in [0.15, 0.2) is 77.2 Å². The maximum atomic E-state index is 12.2. The van der Waals surface area contributed by atoms with Crippen LogP contribution < -0.4 is 15.0 Å². The molecule has 1 amide bonds. The van der Waals surface area contributed by atoms with Crippen LogP contribution in [0.3, 0.4) is 0 Å². The standard InChI is InChI=1S/C21H18N4O5/c1-28-18-10-5-14(12-19(18)29-2)21(27)30-25-17-8-6-16(7-9-17)23-24-20(26)15-4-3-11-22-13-15/h3-13,25H,1-2H3. The van der Waals surface area contributed by atoms with Crippen molar-refractivity contribution in [2.75, 3.05) is 19.7 Å². The molecule has 1 aromatic heterocycles. The second-order valence-corrected chi connectivity index (χ2v) is 5.86. The van der Waals surface area contributed by atoms with Gasteiger partial charge in [-0.2, -0.15) is 0 Å². The number of hydrogen-bond donors (Lipinski definition) is 1. The quantitative estimate of drug-likeness (QED) is 0.462. The summed E-state index contributed by atoms with van der Waals surface area (Å²) in [6.07, 6.45) is 2.98. The van der Waals surface area contributed by atoms with Gasteiger partial charge in [-0.25, -0.2) is 10.3 Å². The van der Waals surface area contributed by atoms with E-state index in [0.29, 0.717) is 34.0 Å². The predicted molar refractivity (Wildman–Crippen MR) is 108 cm³/mol. The number of benzene rings is 2. The van der Waals surface area contributed by atoms with Crippen LogP contribution in [0.25, 0.3) is 0 Å². The Kier molecular flexibility index (Phi) is 6.67. The molecule has 0 spiro atoms. The lowest BCUT2D eigenvalue weighted by atomic mass is 10.2. The Labute approximate surface area is 172 Å². The molecule has 0 bridgehead atoms. The minimum absolute atomic E-state index is 0.291. The van der Waals surface area contributed by atoms with Crippen molar-refractivity contribution in [2.45, 2.75) is 0 Å². The van der Waals surface area contributed by atoms with Crippen LogP contribution in [-0.4, -0.2) is 31.1 Å². The van der Waals surface area contributed by atoms with Crippen molar-refractivity contribution in [1.82, 2.24) is 4.98 Å². The first-order chi connectivity index (χ1) is 14.6. The maximum absolute atomic E-state index is 12.2. The highest BCUT2D eigenvalue weighted by atomic mass is 16.7. The average molecular weight is 406 g/mol. The van der Waals surface area contributed by atoms with Crippen molar-refractivity contribution in [3.63, 3.8) is 0 Å². The van der Waals surface area contributed by atoms with Gasteiger partial charge < -0.3 is 14.3 Å². The first-order valence-corrected chi connectivity index (χ1v) is 8.76. The summed E-state index contributed by atoms with van der Waals surface area (Å²) in [4.78, 5) is 33.0. The van der Waals surface area contributed by atoms with Gasteiger partial charge in [0.1, 0.15) is 0 Å². The lowest BCUT2D eigenvalue weighted by molar-refractivity contribution is 0.0596. The number of azo groups is 1. The first-order valence-electron chi connectivity index (χ1n) is 8.76.